The number of carboxylic acid groups (broad SMARTS) is 1. The molecule has 0 saturated carbocycles. The molecular formula is C19H14NO4S2-. The number of thioether (sulfide) groups is 1. The number of aryl methyl sites for hydroxylation is 1. The molecule has 0 aromatic heterocycles. The molecule has 1 aliphatic rings. The van der Waals surface area contributed by atoms with Crippen LogP contribution >= 0.6 is 24.0 Å². The normalized spacial score (nSPS) is 15.6. The number of carboxylic acids is 1. The van der Waals surface area contributed by atoms with Crippen LogP contribution in [-0.2, 0) is 4.79 Å². The third kappa shape index (κ3) is 3.49. The van der Waals surface area contributed by atoms with Crippen molar-refractivity contribution in [2.24, 2.45) is 0 Å². The van der Waals surface area contributed by atoms with Gasteiger partial charge in [-0.15, -0.1) is 0 Å². The molecule has 1 heterocycles. The predicted octanol–water partition coefficient (Wildman–Crippen LogP) is 2.77. The first-order valence-corrected chi connectivity index (χ1v) is 8.87. The smallest absolute Gasteiger partial charge is 0.270 e. The average Bonchev–Trinajstić information content (AvgIpc) is 2.89. The van der Waals surface area contributed by atoms with Gasteiger partial charge in [0.1, 0.15) is 5.75 Å². The van der Waals surface area contributed by atoms with Gasteiger partial charge >= 0.3 is 0 Å². The molecule has 0 atom stereocenters. The molecule has 0 bridgehead atoms. The van der Waals surface area contributed by atoms with Gasteiger partial charge in [0.05, 0.1) is 23.7 Å². The Bertz CT molecular complexity index is 935. The fraction of sp³-hybridized carbons (Fsp3) is 0.105. The van der Waals surface area contributed by atoms with Gasteiger partial charge in [0.2, 0.25) is 0 Å². The number of aromatic carboxylic acids is 1. The summed E-state index contributed by atoms with van der Waals surface area (Å²) in [5, 5.41) is 11.1. The van der Waals surface area contributed by atoms with E-state index in [1.807, 2.05) is 12.1 Å². The third-order valence-electron chi connectivity index (χ3n) is 3.89. The van der Waals surface area contributed by atoms with Gasteiger partial charge in [-0.2, -0.15) is 0 Å². The summed E-state index contributed by atoms with van der Waals surface area (Å²) in [6.07, 6.45) is 1.75. The number of thiocarbonyl (C=S) groups is 1. The number of carbonyl (C=O) groups excluding carboxylic acids is 2. The number of hydrogen-bond donors (Lipinski definition) is 0. The maximum atomic E-state index is 12.8. The highest BCUT2D eigenvalue weighted by Gasteiger charge is 2.34. The summed E-state index contributed by atoms with van der Waals surface area (Å²) in [6, 6.07) is 11.8. The van der Waals surface area contributed by atoms with E-state index in [1.54, 1.807) is 38.3 Å². The average molecular weight is 384 g/mol. The number of amides is 1. The lowest BCUT2D eigenvalue weighted by atomic mass is 10.1. The largest absolute Gasteiger partial charge is 0.545 e. The van der Waals surface area contributed by atoms with Gasteiger partial charge in [-0.05, 0) is 47.9 Å². The second-order valence-corrected chi connectivity index (χ2v) is 7.25. The Morgan fingerprint density at radius 1 is 1.23 bits per heavy atom. The van der Waals surface area contributed by atoms with Crippen molar-refractivity contribution in [2.75, 3.05) is 12.0 Å². The lowest BCUT2D eigenvalue weighted by Gasteiger charge is -2.18. The molecule has 26 heavy (non-hydrogen) atoms. The van der Waals surface area contributed by atoms with Crippen LogP contribution < -0.4 is 14.7 Å². The molecule has 1 saturated heterocycles. The molecule has 2 aromatic rings. The number of rotatable bonds is 4. The lowest BCUT2D eigenvalue weighted by Crippen LogP contribution is -2.29. The highest BCUT2D eigenvalue weighted by molar-refractivity contribution is 8.27. The van der Waals surface area contributed by atoms with E-state index in [9.17, 15) is 14.7 Å². The van der Waals surface area contributed by atoms with Crippen LogP contribution in [0.3, 0.4) is 0 Å². The molecule has 0 N–H and O–H groups in total. The van der Waals surface area contributed by atoms with Crippen LogP contribution in [0.25, 0.3) is 6.08 Å². The lowest BCUT2D eigenvalue weighted by molar-refractivity contribution is -0.255. The maximum absolute atomic E-state index is 12.8. The van der Waals surface area contributed by atoms with E-state index < -0.39 is 5.97 Å². The van der Waals surface area contributed by atoms with E-state index in [0.29, 0.717) is 14.9 Å². The zero-order valence-electron chi connectivity index (χ0n) is 14.0. The van der Waals surface area contributed by atoms with Gasteiger partial charge in [0.15, 0.2) is 4.32 Å². The van der Waals surface area contributed by atoms with Crippen LogP contribution in [0, 0.1) is 6.92 Å². The van der Waals surface area contributed by atoms with E-state index in [1.165, 1.54) is 28.8 Å². The van der Waals surface area contributed by atoms with Crippen LogP contribution in [0.2, 0.25) is 0 Å². The third-order valence-corrected chi connectivity index (χ3v) is 5.20. The predicted molar refractivity (Wildman–Crippen MR) is 104 cm³/mol. The first-order chi connectivity index (χ1) is 12.4. The topological polar surface area (TPSA) is 69.7 Å². The van der Waals surface area contributed by atoms with Crippen LogP contribution in [0.15, 0.2) is 47.4 Å². The molecule has 2 aromatic carbocycles. The molecule has 3 rings (SSSR count). The van der Waals surface area contributed by atoms with Crippen molar-refractivity contribution in [3.8, 4) is 5.75 Å². The summed E-state index contributed by atoms with van der Waals surface area (Å²) in [5.74, 6) is -0.857. The van der Waals surface area contributed by atoms with E-state index in [0.717, 1.165) is 16.9 Å². The molecular weight excluding hydrogens is 370 g/mol. The molecule has 0 spiro atoms. The molecule has 1 fully saturated rings. The molecule has 132 valence electrons. The summed E-state index contributed by atoms with van der Waals surface area (Å²) in [6.45, 7) is 1.79. The number of nitrogens with zero attached hydrogens (tertiary/aromatic N) is 1. The van der Waals surface area contributed by atoms with Gasteiger partial charge < -0.3 is 14.6 Å². The van der Waals surface area contributed by atoms with E-state index in [-0.39, 0.29) is 11.5 Å². The molecule has 1 aliphatic heterocycles. The monoisotopic (exact) mass is 384 g/mol. The zero-order chi connectivity index (χ0) is 18.8. The number of benzene rings is 2. The van der Waals surface area contributed by atoms with Crippen molar-refractivity contribution in [1.29, 1.82) is 0 Å². The number of carbonyl (C=O) groups is 2. The van der Waals surface area contributed by atoms with Crippen molar-refractivity contribution in [1.82, 2.24) is 0 Å². The molecule has 0 aliphatic carbocycles. The molecule has 7 heteroatoms. The van der Waals surface area contributed by atoms with Gasteiger partial charge in [0.25, 0.3) is 5.91 Å². The van der Waals surface area contributed by atoms with Crippen molar-refractivity contribution in [2.45, 2.75) is 6.92 Å². The summed E-state index contributed by atoms with van der Waals surface area (Å²) >= 11 is 6.52. The number of hydrogen-bond acceptors (Lipinski definition) is 6. The van der Waals surface area contributed by atoms with Gasteiger partial charge in [-0.3, -0.25) is 9.69 Å². The molecule has 0 radical (unpaired) electrons. The van der Waals surface area contributed by atoms with Crippen molar-refractivity contribution in [3.05, 3.63) is 64.1 Å². The zero-order valence-corrected chi connectivity index (χ0v) is 15.6. The Morgan fingerprint density at radius 3 is 2.54 bits per heavy atom. The Balaban J connectivity index is 1.95. The Labute approximate surface area is 160 Å². The molecule has 1 amide bonds. The fourth-order valence-electron chi connectivity index (χ4n) is 2.50. The van der Waals surface area contributed by atoms with E-state index in [4.69, 9.17) is 17.0 Å². The van der Waals surface area contributed by atoms with Gasteiger partial charge in [-0.1, -0.05) is 48.2 Å². The number of anilines is 1. The Morgan fingerprint density at radius 2 is 1.92 bits per heavy atom. The molecule has 0 unspecified atom stereocenters. The van der Waals surface area contributed by atoms with E-state index >= 15 is 0 Å². The first-order valence-electron chi connectivity index (χ1n) is 7.64. The SMILES string of the molecule is COc1ccc(/C=C2\SC(=S)N(c3cc(C(=O)[O-])ccc3C)C2=O)cc1. The minimum atomic E-state index is -1.30. The Kier molecular flexibility index (Phi) is 5.11. The summed E-state index contributed by atoms with van der Waals surface area (Å²) in [7, 11) is 1.59. The number of ether oxygens (including phenoxy) is 1. The first kappa shape index (κ1) is 18.2. The second kappa shape index (κ2) is 7.31. The number of methoxy groups -OCH3 is 1. The molecule has 5 nitrogen and oxygen atoms in total. The maximum Gasteiger partial charge on any atom is 0.270 e. The van der Waals surface area contributed by atoms with Crippen LogP contribution in [0.1, 0.15) is 21.5 Å². The van der Waals surface area contributed by atoms with Crippen molar-refractivity contribution >= 4 is 51.9 Å². The summed E-state index contributed by atoms with van der Waals surface area (Å²) < 4.78 is 5.48. The fourth-order valence-corrected chi connectivity index (χ4v) is 3.79. The quantitative estimate of drug-likeness (QED) is 0.596. The van der Waals surface area contributed by atoms with Crippen molar-refractivity contribution < 1.29 is 19.4 Å². The van der Waals surface area contributed by atoms with E-state index in [2.05, 4.69) is 0 Å². The van der Waals surface area contributed by atoms with Crippen LogP contribution in [0.4, 0.5) is 5.69 Å². The van der Waals surface area contributed by atoms with Crippen LogP contribution in [0.5, 0.6) is 5.75 Å². The Hall–Kier alpha value is -2.64. The second-order valence-electron chi connectivity index (χ2n) is 5.58. The summed E-state index contributed by atoms with van der Waals surface area (Å²) in [4.78, 5) is 25.8. The van der Waals surface area contributed by atoms with Crippen molar-refractivity contribution in [3.63, 3.8) is 0 Å². The van der Waals surface area contributed by atoms with Gasteiger partial charge in [-0.25, -0.2) is 0 Å². The minimum absolute atomic E-state index is 0.00113. The van der Waals surface area contributed by atoms with Crippen LogP contribution in [-0.4, -0.2) is 23.3 Å². The van der Waals surface area contributed by atoms with Gasteiger partial charge in [0, 0.05) is 0 Å². The summed E-state index contributed by atoms with van der Waals surface area (Å²) in [5.41, 5.74) is 2.04. The highest BCUT2D eigenvalue weighted by atomic mass is 32.2. The highest BCUT2D eigenvalue weighted by Crippen LogP contribution is 2.37. The standard InChI is InChI=1S/C19H15NO4S2/c1-11-3-6-13(18(22)23)10-15(11)20-17(21)16(26-19(20)25)9-12-4-7-14(24-2)8-5-12/h3-10H,1-2H3,(H,22,23)/p-1/b16-9-. The minimum Gasteiger partial charge on any atom is -0.545 e.